The molecule has 0 aliphatic carbocycles. The quantitative estimate of drug-likeness (QED) is 0.834. The summed E-state index contributed by atoms with van der Waals surface area (Å²) >= 11 is 0. The molecular formula is C13H10N4O. The molecular weight excluding hydrogens is 228 g/mol. The number of benzene rings is 1. The minimum absolute atomic E-state index is 0.247. The third-order valence-corrected chi connectivity index (χ3v) is 2.31. The van der Waals surface area contributed by atoms with Gasteiger partial charge in [0.25, 0.3) is 5.91 Å². The number of nitrogens with zero attached hydrogens (tertiary/aromatic N) is 2. The van der Waals surface area contributed by atoms with Gasteiger partial charge < -0.3 is 11.1 Å². The Balaban J connectivity index is 2.22. The van der Waals surface area contributed by atoms with Crippen LogP contribution < -0.4 is 11.1 Å². The molecule has 5 nitrogen and oxygen atoms in total. The lowest BCUT2D eigenvalue weighted by atomic mass is 10.2. The van der Waals surface area contributed by atoms with Crippen molar-refractivity contribution in [3.8, 4) is 6.07 Å². The summed E-state index contributed by atoms with van der Waals surface area (Å²) in [6.45, 7) is 0. The van der Waals surface area contributed by atoms with Gasteiger partial charge in [-0.15, -0.1) is 0 Å². The Labute approximate surface area is 104 Å². The van der Waals surface area contributed by atoms with Gasteiger partial charge in [-0.05, 0) is 24.3 Å². The molecule has 0 saturated carbocycles. The van der Waals surface area contributed by atoms with Gasteiger partial charge >= 0.3 is 0 Å². The van der Waals surface area contributed by atoms with Gasteiger partial charge in [-0.25, -0.2) is 4.98 Å². The van der Waals surface area contributed by atoms with Gasteiger partial charge in [-0.1, -0.05) is 12.1 Å². The van der Waals surface area contributed by atoms with E-state index in [-0.39, 0.29) is 11.6 Å². The summed E-state index contributed by atoms with van der Waals surface area (Å²) in [5.74, 6) is -0.377. The number of nitrogen functional groups attached to an aromatic ring is 1. The Morgan fingerprint density at radius 2 is 2.06 bits per heavy atom. The van der Waals surface area contributed by atoms with E-state index in [0.717, 1.165) is 0 Å². The third kappa shape index (κ3) is 2.44. The van der Waals surface area contributed by atoms with Gasteiger partial charge in [0.2, 0.25) is 0 Å². The van der Waals surface area contributed by atoms with Crippen LogP contribution in [0.25, 0.3) is 0 Å². The highest BCUT2D eigenvalue weighted by Gasteiger charge is 2.09. The molecule has 1 amide bonds. The zero-order chi connectivity index (χ0) is 13.0. The van der Waals surface area contributed by atoms with E-state index >= 15 is 0 Å². The van der Waals surface area contributed by atoms with E-state index in [4.69, 9.17) is 11.0 Å². The minimum atomic E-state index is -0.377. The maximum Gasteiger partial charge on any atom is 0.274 e. The number of para-hydroxylation sites is 1. The summed E-state index contributed by atoms with van der Waals surface area (Å²) in [4.78, 5) is 15.8. The summed E-state index contributed by atoms with van der Waals surface area (Å²) in [6.07, 6.45) is 1.41. The molecule has 0 bridgehead atoms. The third-order valence-electron chi connectivity index (χ3n) is 2.31. The molecule has 0 fully saturated rings. The molecule has 0 radical (unpaired) electrons. The molecule has 0 aliphatic heterocycles. The average Bonchev–Trinajstić information content (AvgIpc) is 2.40. The SMILES string of the molecule is N#Cc1ccccc1NC(=O)c1ccc(N)cn1. The number of pyridine rings is 1. The minimum Gasteiger partial charge on any atom is -0.397 e. The molecule has 0 aliphatic rings. The fraction of sp³-hybridized carbons (Fsp3) is 0. The predicted octanol–water partition coefficient (Wildman–Crippen LogP) is 1.79. The highest BCUT2D eigenvalue weighted by molar-refractivity contribution is 6.03. The van der Waals surface area contributed by atoms with Crippen molar-refractivity contribution >= 4 is 17.3 Å². The van der Waals surface area contributed by atoms with Crippen LogP contribution in [0, 0.1) is 11.3 Å². The van der Waals surface area contributed by atoms with E-state index in [9.17, 15) is 4.79 Å². The summed E-state index contributed by atoms with van der Waals surface area (Å²) in [5.41, 5.74) is 7.09. The van der Waals surface area contributed by atoms with Crippen molar-refractivity contribution in [1.29, 1.82) is 5.26 Å². The number of rotatable bonds is 2. The van der Waals surface area contributed by atoms with Crippen molar-refractivity contribution in [2.45, 2.75) is 0 Å². The zero-order valence-corrected chi connectivity index (χ0v) is 9.42. The average molecular weight is 238 g/mol. The number of aromatic nitrogens is 1. The molecule has 88 valence electrons. The van der Waals surface area contributed by atoms with Crippen LogP contribution in [-0.2, 0) is 0 Å². The molecule has 5 heteroatoms. The van der Waals surface area contributed by atoms with E-state index in [1.54, 1.807) is 30.3 Å². The van der Waals surface area contributed by atoms with Crippen LogP contribution in [-0.4, -0.2) is 10.9 Å². The Morgan fingerprint density at radius 1 is 1.28 bits per heavy atom. The van der Waals surface area contributed by atoms with Crippen molar-refractivity contribution in [2.24, 2.45) is 0 Å². The molecule has 0 saturated heterocycles. The molecule has 1 heterocycles. The first-order valence-corrected chi connectivity index (χ1v) is 5.22. The second-order valence-corrected chi connectivity index (χ2v) is 3.59. The number of amides is 1. The molecule has 2 rings (SSSR count). The Kier molecular flexibility index (Phi) is 3.21. The first kappa shape index (κ1) is 11.6. The second-order valence-electron chi connectivity index (χ2n) is 3.59. The summed E-state index contributed by atoms with van der Waals surface area (Å²) in [6, 6.07) is 11.9. The van der Waals surface area contributed by atoms with Crippen molar-refractivity contribution in [3.05, 3.63) is 53.9 Å². The number of anilines is 2. The summed E-state index contributed by atoms with van der Waals surface area (Å²) < 4.78 is 0. The number of hydrogen-bond donors (Lipinski definition) is 2. The van der Waals surface area contributed by atoms with Gasteiger partial charge in [0.05, 0.1) is 23.1 Å². The highest BCUT2D eigenvalue weighted by atomic mass is 16.1. The Hall–Kier alpha value is -2.87. The van der Waals surface area contributed by atoms with Crippen LogP contribution in [0.2, 0.25) is 0 Å². The number of nitriles is 1. The van der Waals surface area contributed by atoms with Crippen molar-refractivity contribution in [1.82, 2.24) is 4.98 Å². The van der Waals surface area contributed by atoms with E-state index in [1.165, 1.54) is 12.3 Å². The van der Waals surface area contributed by atoms with Gasteiger partial charge in [0, 0.05) is 0 Å². The highest BCUT2D eigenvalue weighted by Crippen LogP contribution is 2.14. The lowest BCUT2D eigenvalue weighted by Crippen LogP contribution is -2.14. The summed E-state index contributed by atoms with van der Waals surface area (Å²) in [7, 11) is 0. The van der Waals surface area contributed by atoms with Crippen molar-refractivity contribution in [3.63, 3.8) is 0 Å². The molecule has 0 atom stereocenters. The lowest BCUT2D eigenvalue weighted by molar-refractivity contribution is 0.102. The molecule has 2 aromatic rings. The monoisotopic (exact) mass is 238 g/mol. The molecule has 18 heavy (non-hydrogen) atoms. The largest absolute Gasteiger partial charge is 0.397 e. The first-order valence-electron chi connectivity index (χ1n) is 5.22. The standard InChI is InChI=1S/C13H10N4O/c14-7-9-3-1-2-4-11(9)17-13(18)12-6-5-10(15)8-16-12/h1-6,8H,15H2,(H,17,18). The zero-order valence-electron chi connectivity index (χ0n) is 9.42. The van der Waals surface area contributed by atoms with Crippen LogP contribution in [0.1, 0.15) is 16.1 Å². The molecule has 0 spiro atoms. The number of carbonyl (C=O) groups excluding carboxylic acids is 1. The Bertz CT molecular complexity index is 614. The van der Waals surface area contributed by atoms with Crippen molar-refractivity contribution in [2.75, 3.05) is 11.1 Å². The summed E-state index contributed by atoms with van der Waals surface area (Å²) in [5, 5.41) is 11.5. The molecule has 0 unspecified atom stereocenters. The molecule has 3 N–H and O–H groups in total. The van der Waals surface area contributed by atoms with E-state index in [1.807, 2.05) is 6.07 Å². The van der Waals surface area contributed by atoms with Gasteiger partial charge in [0.15, 0.2) is 0 Å². The fourth-order valence-electron chi connectivity index (χ4n) is 1.42. The number of hydrogen-bond acceptors (Lipinski definition) is 4. The van der Waals surface area contributed by atoms with Crippen LogP contribution in [0.4, 0.5) is 11.4 Å². The van der Waals surface area contributed by atoms with E-state index in [2.05, 4.69) is 10.3 Å². The molecule has 1 aromatic carbocycles. The lowest BCUT2D eigenvalue weighted by Gasteiger charge is -2.06. The van der Waals surface area contributed by atoms with Crippen molar-refractivity contribution < 1.29 is 4.79 Å². The Morgan fingerprint density at radius 3 is 2.72 bits per heavy atom. The predicted molar refractivity (Wildman–Crippen MR) is 67.8 cm³/mol. The van der Waals surface area contributed by atoms with Crippen LogP contribution in [0.3, 0.4) is 0 Å². The molecule has 1 aromatic heterocycles. The fourth-order valence-corrected chi connectivity index (χ4v) is 1.42. The van der Waals surface area contributed by atoms with E-state index in [0.29, 0.717) is 16.9 Å². The van der Waals surface area contributed by atoms with Gasteiger partial charge in [-0.2, -0.15) is 5.26 Å². The first-order chi connectivity index (χ1) is 8.70. The van der Waals surface area contributed by atoms with Gasteiger partial charge in [0.1, 0.15) is 11.8 Å². The number of nitrogens with one attached hydrogen (secondary N) is 1. The topological polar surface area (TPSA) is 91.8 Å². The smallest absolute Gasteiger partial charge is 0.274 e. The normalized spacial score (nSPS) is 9.50. The number of nitrogens with two attached hydrogens (primary N) is 1. The van der Waals surface area contributed by atoms with E-state index < -0.39 is 0 Å². The maximum atomic E-state index is 11.9. The van der Waals surface area contributed by atoms with Gasteiger partial charge in [-0.3, -0.25) is 4.79 Å². The maximum absolute atomic E-state index is 11.9. The van der Waals surface area contributed by atoms with Crippen LogP contribution in [0.15, 0.2) is 42.6 Å². The van der Waals surface area contributed by atoms with Crippen LogP contribution in [0.5, 0.6) is 0 Å². The number of carbonyl (C=O) groups is 1. The van der Waals surface area contributed by atoms with Crippen LogP contribution >= 0.6 is 0 Å². The second kappa shape index (κ2) is 4.97.